The highest BCUT2D eigenvalue weighted by atomic mass is 19.4. The summed E-state index contributed by atoms with van der Waals surface area (Å²) < 4.78 is 42.1. The third-order valence-corrected chi connectivity index (χ3v) is 6.45. The van der Waals surface area contributed by atoms with Crippen molar-refractivity contribution in [3.05, 3.63) is 48.2 Å². The number of nitrogens with one attached hydrogen (secondary N) is 1. The molecular weight excluding hydrogens is 449 g/mol. The number of rotatable bonds is 8. The number of carbonyl (C=O) groups excluding carboxylic acids is 1. The van der Waals surface area contributed by atoms with Gasteiger partial charge in [-0.05, 0) is 50.2 Å². The Morgan fingerprint density at radius 1 is 1.21 bits per heavy atom. The average molecular weight is 479 g/mol. The number of aliphatic hydroxyl groups excluding tert-OH is 1. The van der Waals surface area contributed by atoms with Gasteiger partial charge in [0.05, 0.1) is 36.8 Å². The van der Waals surface area contributed by atoms with Gasteiger partial charge < -0.3 is 15.3 Å². The van der Waals surface area contributed by atoms with Crippen LogP contribution in [-0.2, 0) is 12.7 Å². The second-order valence-corrected chi connectivity index (χ2v) is 8.88. The molecule has 2 N–H and O–H groups in total. The van der Waals surface area contributed by atoms with E-state index in [4.69, 9.17) is 5.11 Å². The number of fused-ring (bicyclic) bond motifs is 1. The van der Waals surface area contributed by atoms with Crippen molar-refractivity contribution in [3.63, 3.8) is 0 Å². The molecule has 8 nitrogen and oxygen atoms in total. The van der Waals surface area contributed by atoms with E-state index < -0.39 is 11.7 Å². The molecule has 4 rings (SSSR count). The van der Waals surface area contributed by atoms with Gasteiger partial charge in [-0.3, -0.25) is 13.9 Å². The molecule has 184 valence electrons. The summed E-state index contributed by atoms with van der Waals surface area (Å²) in [6, 6.07) is 2.60. The second kappa shape index (κ2) is 10.0. The molecule has 1 fully saturated rings. The zero-order valence-corrected chi connectivity index (χ0v) is 19.0. The lowest BCUT2D eigenvalue weighted by atomic mass is 9.84. The number of hydrogen-bond donors (Lipinski definition) is 2. The van der Waals surface area contributed by atoms with Crippen molar-refractivity contribution in [3.8, 4) is 0 Å². The summed E-state index contributed by atoms with van der Waals surface area (Å²) in [5, 5.41) is 16.7. The molecule has 0 radical (unpaired) electrons. The molecule has 1 aliphatic carbocycles. The first kappa shape index (κ1) is 24.1. The zero-order valence-electron chi connectivity index (χ0n) is 19.0. The molecule has 0 saturated heterocycles. The minimum atomic E-state index is -4.49. The standard InChI is InChI=1S/C23H29F3N6O2/c1-30(22(34)20-13-27-21-7-4-17(14-32(20)21)23(24,25)26)9-8-16-2-5-18(6-3-16)29-19-12-28-31(15-19)10-11-33/h4,7,12-16,18,29,33H,2-3,5-6,8-11H2,1H3/t16-,18-. The van der Waals surface area contributed by atoms with E-state index in [2.05, 4.69) is 15.4 Å². The molecule has 0 spiro atoms. The molecule has 0 bridgehead atoms. The Kier molecular flexibility index (Phi) is 7.11. The van der Waals surface area contributed by atoms with E-state index in [1.165, 1.54) is 16.7 Å². The molecule has 0 aliphatic heterocycles. The van der Waals surface area contributed by atoms with Crippen LogP contribution < -0.4 is 5.32 Å². The third-order valence-electron chi connectivity index (χ3n) is 6.45. The zero-order chi connectivity index (χ0) is 24.3. The molecular formula is C23H29F3N6O2. The molecule has 3 aromatic rings. The fraction of sp³-hybridized carbons (Fsp3) is 0.522. The highest BCUT2D eigenvalue weighted by Gasteiger charge is 2.31. The molecule has 1 aliphatic rings. The van der Waals surface area contributed by atoms with E-state index in [1.807, 2.05) is 6.20 Å². The summed E-state index contributed by atoms with van der Waals surface area (Å²) in [6.45, 7) is 1.05. The number of nitrogens with zero attached hydrogens (tertiary/aromatic N) is 5. The third kappa shape index (κ3) is 5.52. The maximum Gasteiger partial charge on any atom is 0.417 e. The Morgan fingerprint density at radius 3 is 2.68 bits per heavy atom. The lowest BCUT2D eigenvalue weighted by molar-refractivity contribution is -0.137. The number of halogens is 3. The number of carbonyl (C=O) groups is 1. The fourth-order valence-electron chi connectivity index (χ4n) is 4.47. The number of aliphatic hydroxyl groups is 1. The number of amides is 1. The Labute approximate surface area is 195 Å². The monoisotopic (exact) mass is 478 g/mol. The van der Waals surface area contributed by atoms with Crippen molar-refractivity contribution in [2.45, 2.75) is 50.9 Å². The van der Waals surface area contributed by atoms with Crippen LogP contribution in [0.15, 0.2) is 36.9 Å². The van der Waals surface area contributed by atoms with E-state index in [-0.39, 0.29) is 18.2 Å². The lowest BCUT2D eigenvalue weighted by Gasteiger charge is -2.30. The molecule has 0 unspecified atom stereocenters. The maximum atomic E-state index is 13.1. The van der Waals surface area contributed by atoms with Crippen LogP contribution in [0.3, 0.4) is 0 Å². The highest BCUT2D eigenvalue weighted by Crippen LogP contribution is 2.30. The SMILES string of the molecule is CN(CC[C@H]1CC[C@H](Nc2cnn(CCO)c2)CC1)C(=O)c1cnc2ccc(C(F)(F)F)cn12. The number of pyridine rings is 1. The smallest absolute Gasteiger partial charge is 0.394 e. The number of imidazole rings is 1. The van der Waals surface area contributed by atoms with Crippen molar-refractivity contribution >= 4 is 17.2 Å². The van der Waals surface area contributed by atoms with Crippen molar-refractivity contribution in [2.24, 2.45) is 5.92 Å². The van der Waals surface area contributed by atoms with Crippen molar-refractivity contribution in [1.29, 1.82) is 0 Å². The van der Waals surface area contributed by atoms with Gasteiger partial charge in [0.25, 0.3) is 5.91 Å². The Bertz CT molecular complexity index is 1120. The molecule has 3 heterocycles. The normalized spacial score (nSPS) is 18.9. The second-order valence-electron chi connectivity index (χ2n) is 8.88. The van der Waals surface area contributed by atoms with Gasteiger partial charge in [-0.2, -0.15) is 18.3 Å². The van der Waals surface area contributed by atoms with Crippen LogP contribution in [0, 0.1) is 5.92 Å². The van der Waals surface area contributed by atoms with Crippen LogP contribution in [0.25, 0.3) is 5.65 Å². The fourth-order valence-corrected chi connectivity index (χ4v) is 4.47. The number of anilines is 1. The van der Waals surface area contributed by atoms with Crippen LogP contribution in [0.2, 0.25) is 0 Å². The van der Waals surface area contributed by atoms with Gasteiger partial charge in [-0.1, -0.05) is 0 Å². The Morgan fingerprint density at radius 2 is 1.97 bits per heavy atom. The van der Waals surface area contributed by atoms with Crippen molar-refractivity contribution in [1.82, 2.24) is 24.1 Å². The first-order valence-electron chi connectivity index (χ1n) is 11.4. The number of aromatic nitrogens is 4. The van der Waals surface area contributed by atoms with E-state index in [9.17, 15) is 18.0 Å². The van der Waals surface area contributed by atoms with Gasteiger partial charge in [-0.15, -0.1) is 0 Å². The van der Waals surface area contributed by atoms with Gasteiger partial charge in [0.2, 0.25) is 0 Å². The predicted octanol–water partition coefficient (Wildman–Crippen LogP) is 3.67. The van der Waals surface area contributed by atoms with E-state index >= 15 is 0 Å². The van der Waals surface area contributed by atoms with Gasteiger partial charge in [0.1, 0.15) is 11.3 Å². The van der Waals surface area contributed by atoms with Gasteiger partial charge in [0, 0.05) is 32.0 Å². The number of alkyl halides is 3. The van der Waals surface area contributed by atoms with Crippen LogP contribution in [0.1, 0.15) is 48.2 Å². The topological polar surface area (TPSA) is 87.7 Å². The quantitative estimate of drug-likeness (QED) is 0.516. The van der Waals surface area contributed by atoms with Crippen molar-refractivity contribution in [2.75, 3.05) is 25.5 Å². The average Bonchev–Trinajstić information content (AvgIpc) is 3.44. The van der Waals surface area contributed by atoms with Crippen LogP contribution in [0.4, 0.5) is 18.9 Å². The summed E-state index contributed by atoms with van der Waals surface area (Å²) in [5.41, 5.74) is 0.556. The van der Waals surface area contributed by atoms with Gasteiger partial charge in [0.15, 0.2) is 0 Å². The molecule has 0 atom stereocenters. The minimum absolute atomic E-state index is 0.0506. The minimum Gasteiger partial charge on any atom is -0.394 e. The molecule has 11 heteroatoms. The predicted molar refractivity (Wildman–Crippen MR) is 120 cm³/mol. The number of hydrogen-bond acceptors (Lipinski definition) is 5. The largest absolute Gasteiger partial charge is 0.417 e. The Hall–Kier alpha value is -3.08. The van der Waals surface area contributed by atoms with E-state index in [0.717, 1.165) is 50.1 Å². The molecule has 3 aromatic heterocycles. The highest BCUT2D eigenvalue weighted by molar-refractivity contribution is 5.93. The molecule has 1 saturated carbocycles. The first-order valence-corrected chi connectivity index (χ1v) is 11.4. The lowest BCUT2D eigenvalue weighted by Crippen LogP contribution is -2.32. The summed E-state index contributed by atoms with van der Waals surface area (Å²) >= 11 is 0. The molecule has 1 amide bonds. The summed E-state index contributed by atoms with van der Waals surface area (Å²) in [6.07, 6.45) is 6.36. The molecule has 0 aromatic carbocycles. The van der Waals surface area contributed by atoms with Crippen LogP contribution in [-0.4, -0.2) is 61.3 Å². The first-order chi connectivity index (χ1) is 16.2. The van der Waals surface area contributed by atoms with Gasteiger partial charge in [-0.25, -0.2) is 4.98 Å². The summed E-state index contributed by atoms with van der Waals surface area (Å²) in [4.78, 5) is 18.5. The summed E-state index contributed by atoms with van der Waals surface area (Å²) in [7, 11) is 1.67. The molecule has 34 heavy (non-hydrogen) atoms. The van der Waals surface area contributed by atoms with Crippen LogP contribution >= 0.6 is 0 Å². The van der Waals surface area contributed by atoms with Crippen molar-refractivity contribution < 1.29 is 23.1 Å². The van der Waals surface area contributed by atoms with E-state index in [1.54, 1.807) is 22.8 Å². The Balaban J connectivity index is 1.28. The van der Waals surface area contributed by atoms with Gasteiger partial charge >= 0.3 is 6.18 Å². The maximum absolute atomic E-state index is 13.1. The summed E-state index contributed by atoms with van der Waals surface area (Å²) in [5.74, 6) is 0.145. The van der Waals surface area contributed by atoms with E-state index in [0.29, 0.717) is 30.7 Å². The van der Waals surface area contributed by atoms with Crippen LogP contribution in [0.5, 0.6) is 0 Å².